The molecular formula is C18H19ClN4OS. The van der Waals surface area contributed by atoms with E-state index in [9.17, 15) is 4.79 Å². The van der Waals surface area contributed by atoms with Crippen molar-refractivity contribution in [3.8, 4) is 0 Å². The van der Waals surface area contributed by atoms with Crippen molar-refractivity contribution in [2.45, 2.75) is 37.9 Å². The Morgan fingerprint density at radius 3 is 2.80 bits per heavy atom. The second kappa shape index (κ2) is 6.50. The lowest BCUT2D eigenvalue weighted by Crippen LogP contribution is -2.33. The van der Waals surface area contributed by atoms with E-state index in [0.717, 1.165) is 34.2 Å². The molecule has 2 atom stereocenters. The van der Waals surface area contributed by atoms with Crippen LogP contribution < -0.4 is 5.32 Å². The van der Waals surface area contributed by atoms with Crippen LogP contribution in [0.2, 0.25) is 5.02 Å². The van der Waals surface area contributed by atoms with Crippen molar-refractivity contribution in [3.05, 3.63) is 46.1 Å². The normalized spacial score (nSPS) is 22.4. The highest BCUT2D eigenvalue weighted by Gasteiger charge is 2.38. The molecule has 5 nitrogen and oxygen atoms in total. The first kappa shape index (κ1) is 16.7. The van der Waals surface area contributed by atoms with Crippen molar-refractivity contribution in [3.63, 3.8) is 0 Å². The Hall–Kier alpha value is -1.79. The van der Waals surface area contributed by atoms with Gasteiger partial charge < -0.3 is 5.32 Å². The lowest BCUT2D eigenvalue weighted by atomic mass is 9.81. The van der Waals surface area contributed by atoms with E-state index in [1.54, 1.807) is 11.8 Å². The van der Waals surface area contributed by atoms with Gasteiger partial charge in [0.15, 0.2) is 5.78 Å². The van der Waals surface area contributed by atoms with Gasteiger partial charge in [0.05, 0.1) is 0 Å². The molecule has 0 radical (unpaired) electrons. The van der Waals surface area contributed by atoms with Gasteiger partial charge in [-0.1, -0.05) is 49.3 Å². The van der Waals surface area contributed by atoms with Crippen molar-refractivity contribution >= 4 is 35.1 Å². The van der Waals surface area contributed by atoms with Gasteiger partial charge in [0.1, 0.15) is 6.04 Å². The number of carbonyl (C=O) groups is 1. The van der Waals surface area contributed by atoms with Gasteiger partial charge in [-0.05, 0) is 35.8 Å². The minimum Gasteiger partial charge on any atom is -0.328 e. The lowest BCUT2D eigenvalue weighted by molar-refractivity contribution is -0.117. The van der Waals surface area contributed by atoms with Gasteiger partial charge in [-0.15, -0.1) is 5.10 Å². The quantitative estimate of drug-likeness (QED) is 0.811. The number of anilines is 1. The summed E-state index contributed by atoms with van der Waals surface area (Å²) in [6.07, 6.45) is 1.43. The van der Waals surface area contributed by atoms with Crippen LogP contribution in [0.1, 0.15) is 38.3 Å². The second-order valence-corrected chi connectivity index (χ2v) is 8.17. The van der Waals surface area contributed by atoms with Crippen LogP contribution in [0.4, 0.5) is 5.95 Å². The largest absolute Gasteiger partial charge is 0.328 e. The zero-order chi connectivity index (χ0) is 17.6. The van der Waals surface area contributed by atoms with E-state index in [4.69, 9.17) is 11.6 Å². The Kier molecular flexibility index (Phi) is 4.33. The fourth-order valence-corrected chi connectivity index (χ4v) is 4.21. The summed E-state index contributed by atoms with van der Waals surface area (Å²) in [5.74, 6) is 2.13. The average Bonchev–Trinajstić information content (AvgIpc) is 2.96. The smallest absolute Gasteiger partial charge is 0.227 e. The Morgan fingerprint density at radius 2 is 2.08 bits per heavy atom. The third kappa shape index (κ3) is 2.98. The fourth-order valence-electron chi connectivity index (χ4n) is 3.53. The number of allylic oxidation sites excluding steroid dienone is 2. The van der Waals surface area contributed by atoms with Gasteiger partial charge in [0, 0.05) is 22.7 Å². The van der Waals surface area contributed by atoms with Crippen LogP contribution in [0.25, 0.3) is 0 Å². The van der Waals surface area contributed by atoms with Gasteiger partial charge in [-0.2, -0.15) is 4.98 Å². The molecule has 0 saturated carbocycles. The van der Waals surface area contributed by atoms with Crippen molar-refractivity contribution in [1.82, 2.24) is 14.8 Å². The predicted octanol–water partition coefficient (Wildman–Crippen LogP) is 4.31. The molecule has 1 aromatic heterocycles. The first-order chi connectivity index (χ1) is 12.1. The summed E-state index contributed by atoms with van der Waals surface area (Å²) in [6, 6.07) is 7.39. The van der Waals surface area contributed by atoms with Gasteiger partial charge in [0.25, 0.3) is 0 Å². The SMILES string of the molecule is CCSc1nc2n(n1)[C@@H](c1ccc(Cl)cc1)C1=C(C[C@H](C)CC1=O)N2. The monoisotopic (exact) mass is 374 g/mol. The van der Waals surface area contributed by atoms with Crippen LogP contribution in [0.15, 0.2) is 40.7 Å². The number of benzene rings is 1. The molecule has 0 fully saturated rings. The van der Waals surface area contributed by atoms with Gasteiger partial charge in [0.2, 0.25) is 11.1 Å². The standard InChI is InChI=1S/C18H19ClN4OS/c1-3-25-18-21-17-20-13-8-10(2)9-14(24)15(13)16(23(17)22-18)11-4-6-12(19)7-5-11/h4-7,10,16H,3,8-9H2,1-2H3,(H,20,21,22)/t10-,16-/m0/s1. The molecular weight excluding hydrogens is 356 g/mol. The molecule has 1 aromatic carbocycles. The molecule has 2 aromatic rings. The molecule has 1 N–H and O–H groups in total. The highest BCUT2D eigenvalue weighted by Crippen LogP contribution is 2.41. The molecule has 7 heteroatoms. The maximum absolute atomic E-state index is 12.8. The van der Waals surface area contributed by atoms with Gasteiger partial charge >= 0.3 is 0 Å². The molecule has 1 aliphatic carbocycles. The van der Waals surface area contributed by atoms with E-state index in [1.807, 2.05) is 28.9 Å². The highest BCUT2D eigenvalue weighted by molar-refractivity contribution is 7.99. The third-order valence-corrected chi connectivity index (χ3v) is 5.54. The van der Waals surface area contributed by atoms with Crippen molar-refractivity contribution in [1.29, 1.82) is 0 Å². The molecule has 25 heavy (non-hydrogen) atoms. The number of Topliss-reactive ketones (excluding diaryl/α,β-unsaturated/α-hetero) is 1. The van der Waals surface area contributed by atoms with Gasteiger partial charge in [-0.25, -0.2) is 4.68 Å². The Balaban J connectivity index is 1.86. The number of rotatable bonds is 3. The Morgan fingerprint density at radius 1 is 1.32 bits per heavy atom. The van der Waals surface area contributed by atoms with Crippen molar-refractivity contribution in [2.24, 2.45) is 5.92 Å². The van der Waals surface area contributed by atoms with E-state index in [2.05, 4.69) is 29.2 Å². The average molecular weight is 375 g/mol. The number of thioether (sulfide) groups is 1. The van der Waals surface area contributed by atoms with E-state index < -0.39 is 0 Å². The predicted molar refractivity (Wildman–Crippen MR) is 100 cm³/mol. The zero-order valence-electron chi connectivity index (χ0n) is 14.1. The van der Waals surface area contributed by atoms with Crippen molar-refractivity contribution < 1.29 is 4.79 Å². The zero-order valence-corrected chi connectivity index (χ0v) is 15.7. The molecule has 4 rings (SSSR count). The summed E-state index contributed by atoms with van der Waals surface area (Å²) >= 11 is 7.65. The number of carbonyl (C=O) groups excluding carboxylic acids is 1. The number of hydrogen-bond acceptors (Lipinski definition) is 5. The van der Waals surface area contributed by atoms with Crippen LogP contribution in [0.3, 0.4) is 0 Å². The fraction of sp³-hybridized carbons (Fsp3) is 0.389. The molecule has 0 unspecified atom stereocenters. The van der Waals surface area contributed by atoms with Crippen LogP contribution >= 0.6 is 23.4 Å². The summed E-state index contributed by atoms with van der Waals surface area (Å²) < 4.78 is 1.84. The minimum atomic E-state index is -0.248. The Bertz CT molecular complexity index is 858. The van der Waals surface area contributed by atoms with Gasteiger partial charge in [-0.3, -0.25) is 4.79 Å². The summed E-state index contributed by atoms with van der Waals surface area (Å²) in [5, 5.41) is 9.41. The third-order valence-electron chi connectivity index (χ3n) is 4.56. The number of hydrogen-bond donors (Lipinski definition) is 1. The van der Waals surface area contributed by atoms with Crippen LogP contribution in [-0.2, 0) is 4.79 Å². The summed E-state index contributed by atoms with van der Waals surface area (Å²) in [5.41, 5.74) is 2.79. The van der Waals surface area contributed by atoms with E-state index >= 15 is 0 Å². The maximum Gasteiger partial charge on any atom is 0.227 e. The second-order valence-electron chi connectivity index (χ2n) is 6.50. The number of nitrogens with zero attached hydrogens (tertiary/aromatic N) is 3. The number of halogens is 1. The number of nitrogens with one attached hydrogen (secondary N) is 1. The molecule has 2 aliphatic rings. The summed E-state index contributed by atoms with van der Waals surface area (Å²) in [4.78, 5) is 17.4. The van der Waals surface area contributed by atoms with E-state index in [-0.39, 0.29) is 11.8 Å². The van der Waals surface area contributed by atoms with Crippen LogP contribution in [0.5, 0.6) is 0 Å². The topological polar surface area (TPSA) is 59.8 Å². The van der Waals surface area contributed by atoms with E-state index in [0.29, 0.717) is 23.3 Å². The summed E-state index contributed by atoms with van der Waals surface area (Å²) in [7, 11) is 0. The highest BCUT2D eigenvalue weighted by atomic mass is 35.5. The van der Waals surface area contributed by atoms with E-state index in [1.165, 1.54) is 0 Å². The molecule has 130 valence electrons. The first-order valence-corrected chi connectivity index (χ1v) is 9.81. The molecule has 0 saturated heterocycles. The Labute approximate surface area is 155 Å². The minimum absolute atomic E-state index is 0.187. The number of ketones is 1. The van der Waals surface area contributed by atoms with Crippen molar-refractivity contribution in [2.75, 3.05) is 11.1 Å². The van der Waals surface area contributed by atoms with Crippen LogP contribution in [0, 0.1) is 5.92 Å². The number of fused-ring (bicyclic) bond motifs is 1. The summed E-state index contributed by atoms with van der Waals surface area (Å²) in [6.45, 7) is 4.18. The number of aromatic nitrogens is 3. The molecule has 0 spiro atoms. The molecule has 0 bridgehead atoms. The molecule has 1 aliphatic heterocycles. The maximum atomic E-state index is 12.8. The lowest BCUT2D eigenvalue weighted by Gasteiger charge is -2.34. The first-order valence-electron chi connectivity index (χ1n) is 8.45. The van der Waals surface area contributed by atoms with Crippen LogP contribution in [-0.4, -0.2) is 26.3 Å². The molecule has 0 amide bonds. The molecule has 2 heterocycles.